The molecule has 2 unspecified atom stereocenters. The molecule has 1 aromatic rings. The summed E-state index contributed by atoms with van der Waals surface area (Å²) < 4.78 is 16.9. The molecule has 0 saturated heterocycles. The summed E-state index contributed by atoms with van der Waals surface area (Å²) in [6.45, 7) is 8.77. The second-order valence-corrected chi connectivity index (χ2v) is 4.07. The van der Waals surface area contributed by atoms with Crippen molar-refractivity contribution in [3.05, 3.63) is 48.6 Å². The summed E-state index contributed by atoms with van der Waals surface area (Å²) in [5.74, 6) is 1.57. The van der Waals surface area contributed by atoms with Crippen LogP contribution >= 0.6 is 0 Å². The highest BCUT2D eigenvalue weighted by Gasteiger charge is 2.30. The Morgan fingerprint density at radius 2 is 1.41 bits per heavy atom. The van der Waals surface area contributed by atoms with Gasteiger partial charge in [0.2, 0.25) is 0 Å². The van der Waals surface area contributed by atoms with E-state index in [9.17, 15) is 0 Å². The van der Waals surface area contributed by atoms with E-state index in [1.54, 1.807) is 12.2 Å². The minimum Gasteiger partial charge on any atom is -0.486 e. The molecule has 3 heteroatoms. The van der Waals surface area contributed by atoms with Crippen LogP contribution in [0.5, 0.6) is 11.5 Å². The topological polar surface area (TPSA) is 27.7 Å². The maximum Gasteiger partial charge on any atom is 0.161 e. The third kappa shape index (κ3) is 1.54. The molecule has 3 rings (SSSR count). The first kappa shape index (κ1) is 10.4. The molecule has 2 heterocycles. The molecule has 2 atom stereocenters. The molecule has 0 fully saturated rings. The van der Waals surface area contributed by atoms with Crippen molar-refractivity contribution >= 4 is 0 Å². The van der Waals surface area contributed by atoms with Crippen LogP contribution in [0.15, 0.2) is 37.4 Å². The van der Waals surface area contributed by atoms with Gasteiger partial charge in [-0.2, -0.15) is 0 Å². The van der Waals surface area contributed by atoms with Crippen LogP contribution in [0.2, 0.25) is 0 Å². The Morgan fingerprint density at radius 1 is 0.941 bits per heavy atom. The average Bonchev–Trinajstić information content (AvgIpc) is 2.73. The Kier molecular flexibility index (Phi) is 2.41. The van der Waals surface area contributed by atoms with Crippen molar-refractivity contribution in [2.45, 2.75) is 12.2 Å². The van der Waals surface area contributed by atoms with Crippen molar-refractivity contribution < 1.29 is 14.2 Å². The zero-order valence-electron chi connectivity index (χ0n) is 9.52. The maximum absolute atomic E-state index is 5.80. The monoisotopic (exact) mass is 230 g/mol. The minimum absolute atomic E-state index is 0.0937. The number of hydrogen-bond acceptors (Lipinski definition) is 3. The third-order valence-electron chi connectivity index (χ3n) is 3.08. The molecule has 0 N–H and O–H groups in total. The van der Waals surface area contributed by atoms with Crippen LogP contribution in [-0.4, -0.2) is 13.2 Å². The Morgan fingerprint density at radius 3 is 1.82 bits per heavy atom. The van der Waals surface area contributed by atoms with Crippen molar-refractivity contribution in [2.24, 2.45) is 0 Å². The highest BCUT2D eigenvalue weighted by molar-refractivity contribution is 5.52. The van der Waals surface area contributed by atoms with E-state index in [0.717, 1.165) is 22.6 Å². The second-order valence-electron chi connectivity index (χ2n) is 4.07. The van der Waals surface area contributed by atoms with E-state index in [0.29, 0.717) is 13.2 Å². The fraction of sp³-hybridized carbons (Fsp3) is 0.286. The molecule has 0 bridgehead atoms. The van der Waals surface area contributed by atoms with Crippen LogP contribution < -0.4 is 9.47 Å². The zero-order valence-corrected chi connectivity index (χ0v) is 9.52. The van der Waals surface area contributed by atoms with Crippen LogP contribution in [-0.2, 0) is 4.74 Å². The van der Waals surface area contributed by atoms with Gasteiger partial charge in [0.05, 0.1) is 0 Å². The lowest BCUT2D eigenvalue weighted by atomic mass is 10.0. The van der Waals surface area contributed by atoms with Crippen molar-refractivity contribution in [1.82, 2.24) is 0 Å². The summed E-state index contributed by atoms with van der Waals surface area (Å²) in [4.78, 5) is 0. The van der Waals surface area contributed by atoms with E-state index in [4.69, 9.17) is 14.2 Å². The highest BCUT2D eigenvalue weighted by Crippen LogP contribution is 2.45. The van der Waals surface area contributed by atoms with Gasteiger partial charge in [-0.3, -0.25) is 0 Å². The van der Waals surface area contributed by atoms with Gasteiger partial charge in [-0.1, -0.05) is 12.2 Å². The SMILES string of the molecule is C=CC1OC(C=C)c2cc3c(cc21)OCCO3. The van der Waals surface area contributed by atoms with Crippen LogP contribution in [0, 0.1) is 0 Å². The van der Waals surface area contributed by atoms with E-state index in [2.05, 4.69) is 13.2 Å². The van der Waals surface area contributed by atoms with E-state index in [-0.39, 0.29) is 12.2 Å². The van der Waals surface area contributed by atoms with E-state index in [1.165, 1.54) is 0 Å². The number of ether oxygens (including phenoxy) is 3. The predicted octanol–water partition coefficient (Wildman–Crippen LogP) is 2.94. The molecule has 2 aliphatic rings. The molecule has 0 saturated carbocycles. The Hall–Kier alpha value is -1.74. The van der Waals surface area contributed by atoms with Crippen LogP contribution in [0.3, 0.4) is 0 Å². The molecule has 1 aromatic carbocycles. The molecule has 17 heavy (non-hydrogen) atoms. The highest BCUT2D eigenvalue weighted by atomic mass is 16.6. The van der Waals surface area contributed by atoms with Gasteiger partial charge < -0.3 is 14.2 Å². The summed E-state index contributed by atoms with van der Waals surface area (Å²) in [5.41, 5.74) is 2.18. The van der Waals surface area contributed by atoms with Gasteiger partial charge in [0.1, 0.15) is 25.4 Å². The Balaban J connectivity index is 2.12. The third-order valence-corrected chi connectivity index (χ3v) is 3.08. The summed E-state index contributed by atoms with van der Waals surface area (Å²) in [6.07, 6.45) is 3.39. The second kappa shape index (κ2) is 3.93. The van der Waals surface area contributed by atoms with Crippen molar-refractivity contribution in [3.8, 4) is 11.5 Å². The van der Waals surface area contributed by atoms with Gasteiger partial charge >= 0.3 is 0 Å². The number of rotatable bonds is 2. The summed E-state index contributed by atoms with van der Waals surface area (Å²) >= 11 is 0. The number of benzene rings is 1. The first-order valence-electron chi connectivity index (χ1n) is 5.67. The molecular formula is C14H14O3. The predicted molar refractivity (Wildman–Crippen MR) is 64.4 cm³/mol. The lowest BCUT2D eigenvalue weighted by Crippen LogP contribution is -2.15. The molecule has 0 aromatic heterocycles. The first-order valence-corrected chi connectivity index (χ1v) is 5.67. The fourth-order valence-electron chi connectivity index (χ4n) is 2.28. The molecule has 0 radical (unpaired) electrons. The van der Waals surface area contributed by atoms with Gasteiger partial charge in [0, 0.05) is 0 Å². The van der Waals surface area contributed by atoms with Gasteiger partial charge in [0.25, 0.3) is 0 Å². The number of fused-ring (bicyclic) bond motifs is 2. The maximum atomic E-state index is 5.80. The molecule has 88 valence electrons. The van der Waals surface area contributed by atoms with Gasteiger partial charge in [-0.15, -0.1) is 13.2 Å². The smallest absolute Gasteiger partial charge is 0.161 e. The van der Waals surface area contributed by atoms with Gasteiger partial charge in [-0.25, -0.2) is 0 Å². The normalized spacial score (nSPS) is 25.2. The first-order chi connectivity index (χ1) is 8.33. The number of hydrogen-bond donors (Lipinski definition) is 0. The summed E-state index contributed by atoms with van der Waals surface area (Å²) in [5, 5.41) is 0. The van der Waals surface area contributed by atoms with Crippen LogP contribution in [0.4, 0.5) is 0 Å². The van der Waals surface area contributed by atoms with E-state index < -0.39 is 0 Å². The Labute approximate surface area is 100 Å². The molecule has 0 amide bonds. The minimum atomic E-state index is -0.0937. The summed E-state index contributed by atoms with van der Waals surface area (Å²) in [6, 6.07) is 3.97. The molecule has 3 nitrogen and oxygen atoms in total. The van der Waals surface area contributed by atoms with E-state index in [1.807, 2.05) is 12.1 Å². The molecular weight excluding hydrogens is 216 g/mol. The van der Waals surface area contributed by atoms with Gasteiger partial charge in [0.15, 0.2) is 11.5 Å². The molecule has 2 aliphatic heterocycles. The standard InChI is InChI=1S/C14H14O3/c1-3-11-9-7-13-14(16-6-5-15-13)8-10(9)12(4-2)17-11/h3-4,7-8,11-12H,1-2,5-6H2. The van der Waals surface area contributed by atoms with Crippen molar-refractivity contribution in [1.29, 1.82) is 0 Å². The largest absolute Gasteiger partial charge is 0.486 e. The van der Waals surface area contributed by atoms with E-state index >= 15 is 0 Å². The molecule has 0 aliphatic carbocycles. The van der Waals surface area contributed by atoms with Crippen molar-refractivity contribution in [3.63, 3.8) is 0 Å². The lowest BCUT2D eigenvalue weighted by molar-refractivity contribution is 0.0678. The summed E-state index contributed by atoms with van der Waals surface area (Å²) in [7, 11) is 0. The zero-order chi connectivity index (χ0) is 11.8. The average molecular weight is 230 g/mol. The fourth-order valence-corrected chi connectivity index (χ4v) is 2.28. The van der Waals surface area contributed by atoms with Crippen molar-refractivity contribution in [2.75, 3.05) is 13.2 Å². The van der Waals surface area contributed by atoms with Crippen LogP contribution in [0.25, 0.3) is 0 Å². The lowest BCUT2D eigenvalue weighted by Gasteiger charge is -2.19. The van der Waals surface area contributed by atoms with Crippen LogP contribution in [0.1, 0.15) is 23.3 Å². The molecule has 0 spiro atoms. The quantitative estimate of drug-likeness (QED) is 0.731. The van der Waals surface area contributed by atoms with Gasteiger partial charge in [-0.05, 0) is 23.3 Å². The Bertz CT molecular complexity index is 436.